The number of methoxy groups -OCH3 is 1. The summed E-state index contributed by atoms with van der Waals surface area (Å²) in [4.78, 5) is 11.3. The van der Waals surface area contributed by atoms with Crippen LogP contribution < -0.4 is 5.32 Å². The summed E-state index contributed by atoms with van der Waals surface area (Å²) in [6, 6.07) is 0.172. The Bertz CT molecular complexity index is 187. The van der Waals surface area contributed by atoms with Crippen molar-refractivity contribution in [2.24, 2.45) is 0 Å². The van der Waals surface area contributed by atoms with Crippen molar-refractivity contribution in [2.45, 2.75) is 32.7 Å². The van der Waals surface area contributed by atoms with Gasteiger partial charge in [-0.2, -0.15) is 0 Å². The maximum Gasteiger partial charge on any atom is 0.307 e. The van der Waals surface area contributed by atoms with Crippen LogP contribution in [0, 0.1) is 0 Å². The van der Waals surface area contributed by atoms with Gasteiger partial charge in [-0.1, -0.05) is 6.92 Å². The van der Waals surface area contributed by atoms with Gasteiger partial charge in [0.15, 0.2) is 0 Å². The third kappa shape index (κ3) is 11.6. The number of carbonyl (C=O) groups excluding carboxylic acids is 1. The van der Waals surface area contributed by atoms with Crippen molar-refractivity contribution in [3.05, 3.63) is 0 Å². The van der Waals surface area contributed by atoms with Gasteiger partial charge in [0.05, 0.1) is 26.2 Å². The third-order valence-corrected chi connectivity index (χ3v) is 2.15. The van der Waals surface area contributed by atoms with Crippen LogP contribution in [-0.2, 0) is 19.0 Å². The molecule has 0 fully saturated rings. The molecule has 0 bridgehead atoms. The number of rotatable bonds is 11. The van der Waals surface area contributed by atoms with Crippen LogP contribution in [0.3, 0.4) is 0 Å². The van der Waals surface area contributed by atoms with Crippen molar-refractivity contribution in [3.8, 4) is 0 Å². The fraction of sp³-hybridized carbons (Fsp3) is 0.917. The molecular formula is C12H25NO4. The molecule has 1 unspecified atom stereocenters. The molecule has 1 atom stereocenters. The molecule has 0 aromatic rings. The molecule has 1 N–H and O–H groups in total. The first-order chi connectivity index (χ1) is 8.20. The number of ether oxygens (including phenoxy) is 3. The normalized spacial score (nSPS) is 12.4. The van der Waals surface area contributed by atoms with Gasteiger partial charge in [-0.05, 0) is 13.5 Å². The Balaban J connectivity index is 3.27. The van der Waals surface area contributed by atoms with Crippen molar-refractivity contribution in [3.63, 3.8) is 0 Å². The summed E-state index contributed by atoms with van der Waals surface area (Å²) in [5.41, 5.74) is 0. The van der Waals surface area contributed by atoms with Crippen molar-refractivity contribution in [2.75, 3.05) is 40.1 Å². The van der Waals surface area contributed by atoms with Gasteiger partial charge in [0.25, 0.3) is 0 Å². The van der Waals surface area contributed by atoms with Gasteiger partial charge in [0, 0.05) is 26.2 Å². The Kier molecular flexibility index (Phi) is 11.4. The largest absolute Gasteiger partial charge is 0.466 e. The molecule has 0 saturated carbocycles. The second kappa shape index (κ2) is 11.8. The fourth-order valence-electron chi connectivity index (χ4n) is 1.32. The van der Waals surface area contributed by atoms with Crippen molar-refractivity contribution >= 4 is 5.97 Å². The summed E-state index contributed by atoms with van der Waals surface area (Å²) >= 11 is 0. The summed E-state index contributed by atoms with van der Waals surface area (Å²) in [7, 11) is 1.64. The molecule has 5 heteroatoms. The Morgan fingerprint density at radius 3 is 2.65 bits per heavy atom. The van der Waals surface area contributed by atoms with Crippen molar-refractivity contribution in [1.82, 2.24) is 5.32 Å². The van der Waals surface area contributed by atoms with Crippen LogP contribution in [0.4, 0.5) is 0 Å². The van der Waals surface area contributed by atoms with Gasteiger partial charge in [0.2, 0.25) is 0 Å². The number of carbonyl (C=O) groups is 1. The maximum absolute atomic E-state index is 11.3. The zero-order chi connectivity index (χ0) is 12.9. The van der Waals surface area contributed by atoms with Crippen LogP contribution in [0.2, 0.25) is 0 Å². The Morgan fingerprint density at radius 2 is 2.00 bits per heavy atom. The number of nitrogens with one attached hydrogen (secondary N) is 1. The minimum absolute atomic E-state index is 0.157. The summed E-state index contributed by atoms with van der Waals surface area (Å²) in [5, 5.41) is 3.16. The van der Waals surface area contributed by atoms with E-state index in [9.17, 15) is 4.79 Å². The van der Waals surface area contributed by atoms with Crippen LogP contribution in [0.1, 0.15) is 26.7 Å². The fourth-order valence-corrected chi connectivity index (χ4v) is 1.32. The number of hydrogen-bond donors (Lipinski definition) is 1. The minimum atomic E-state index is -0.157. The van der Waals surface area contributed by atoms with E-state index >= 15 is 0 Å². The zero-order valence-electron chi connectivity index (χ0n) is 11.2. The standard InChI is InChI=1S/C12H25NO4/c1-4-13-11(2)10-12(14)17-7-5-6-16-9-8-15-3/h11,13H,4-10H2,1-3H3. The molecule has 0 spiro atoms. The quantitative estimate of drug-likeness (QED) is 0.435. The molecule has 0 rings (SSSR count). The van der Waals surface area contributed by atoms with Crippen LogP contribution in [0.25, 0.3) is 0 Å². The second-order valence-electron chi connectivity index (χ2n) is 3.84. The smallest absolute Gasteiger partial charge is 0.307 e. The average molecular weight is 247 g/mol. The summed E-state index contributed by atoms with van der Waals surface area (Å²) in [5.74, 6) is -0.157. The van der Waals surface area contributed by atoms with Crippen molar-refractivity contribution in [1.29, 1.82) is 0 Å². The van der Waals surface area contributed by atoms with E-state index in [0.717, 1.165) is 13.0 Å². The lowest BCUT2D eigenvalue weighted by Crippen LogP contribution is -2.29. The molecule has 0 aromatic heterocycles. The number of hydrogen-bond acceptors (Lipinski definition) is 5. The lowest BCUT2D eigenvalue weighted by molar-refractivity contribution is -0.144. The molecule has 0 heterocycles. The third-order valence-electron chi connectivity index (χ3n) is 2.15. The summed E-state index contributed by atoms with van der Waals surface area (Å²) in [6.45, 7) is 7.05. The summed E-state index contributed by atoms with van der Waals surface area (Å²) in [6.07, 6.45) is 1.14. The van der Waals surface area contributed by atoms with Crippen LogP contribution >= 0.6 is 0 Å². The maximum atomic E-state index is 11.3. The molecule has 102 valence electrons. The highest BCUT2D eigenvalue weighted by molar-refractivity contribution is 5.70. The van der Waals surface area contributed by atoms with Gasteiger partial charge >= 0.3 is 5.97 Å². The van der Waals surface area contributed by atoms with Crippen LogP contribution in [0.5, 0.6) is 0 Å². The molecular weight excluding hydrogens is 222 g/mol. The van der Waals surface area contributed by atoms with E-state index in [0.29, 0.717) is 32.8 Å². The average Bonchev–Trinajstić information content (AvgIpc) is 2.28. The zero-order valence-corrected chi connectivity index (χ0v) is 11.2. The first-order valence-corrected chi connectivity index (χ1v) is 6.16. The molecule has 0 amide bonds. The highest BCUT2D eigenvalue weighted by Gasteiger charge is 2.08. The Hall–Kier alpha value is -0.650. The predicted molar refractivity (Wildman–Crippen MR) is 66.0 cm³/mol. The van der Waals surface area contributed by atoms with E-state index in [1.807, 2.05) is 13.8 Å². The number of esters is 1. The molecule has 5 nitrogen and oxygen atoms in total. The Labute approximate surface area is 104 Å². The van der Waals surface area contributed by atoms with E-state index in [1.165, 1.54) is 0 Å². The SMILES string of the molecule is CCNC(C)CC(=O)OCCCOCCOC. The molecule has 0 aliphatic carbocycles. The molecule has 0 aliphatic heterocycles. The topological polar surface area (TPSA) is 56.8 Å². The molecule has 0 saturated heterocycles. The van der Waals surface area contributed by atoms with Gasteiger partial charge < -0.3 is 19.5 Å². The van der Waals surface area contributed by atoms with Crippen molar-refractivity contribution < 1.29 is 19.0 Å². The van der Waals surface area contributed by atoms with Gasteiger partial charge in [0.1, 0.15) is 0 Å². The lowest BCUT2D eigenvalue weighted by Gasteiger charge is -2.11. The molecule has 0 aromatic carbocycles. The van der Waals surface area contributed by atoms with E-state index in [-0.39, 0.29) is 12.0 Å². The van der Waals surface area contributed by atoms with Gasteiger partial charge in [-0.25, -0.2) is 0 Å². The van der Waals surface area contributed by atoms with Gasteiger partial charge in [-0.15, -0.1) is 0 Å². The monoisotopic (exact) mass is 247 g/mol. The summed E-state index contributed by atoms with van der Waals surface area (Å²) < 4.78 is 15.2. The van der Waals surface area contributed by atoms with E-state index in [1.54, 1.807) is 7.11 Å². The molecule has 17 heavy (non-hydrogen) atoms. The predicted octanol–water partition coefficient (Wildman–Crippen LogP) is 0.971. The minimum Gasteiger partial charge on any atom is -0.466 e. The first kappa shape index (κ1) is 16.4. The van der Waals surface area contributed by atoms with E-state index < -0.39 is 0 Å². The van der Waals surface area contributed by atoms with Crippen LogP contribution in [0.15, 0.2) is 0 Å². The van der Waals surface area contributed by atoms with Gasteiger partial charge in [-0.3, -0.25) is 4.79 Å². The molecule has 0 radical (unpaired) electrons. The first-order valence-electron chi connectivity index (χ1n) is 6.16. The second-order valence-corrected chi connectivity index (χ2v) is 3.84. The highest BCUT2D eigenvalue weighted by Crippen LogP contribution is 1.95. The van der Waals surface area contributed by atoms with E-state index in [4.69, 9.17) is 14.2 Å². The Morgan fingerprint density at radius 1 is 1.24 bits per heavy atom. The van der Waals surface area contributed by atoms with Crippen LogP contribution in [-0.4, -0.2) is 52.1 Å². The highest BCUT2D eigenvalue weighted by atomic mass is 16.5. The molecule has 0 aliphatic rings. The van der Waals surface area contributed by atoms with E-state index in [2.05, 4.69) is 5.32 Å². The lowest BCUT2D eigenvalue weighted by atomic mass is 10.2.